The number of carboxylic acid groups (broad SMARTS) is 1. The molecule has 0 aliphatic carbocycles. The van der Waals surface area contributed by atoms with Crippen LogP contribution in [0.1, 0.15) is 18.4 Å². The first-order valence-electron chi connectivity index (χ1n) is 6.41. The number of hydrogen-bond donors (Lipinski definition) is 2. The second-order valence-electron chi connectivity index (χ2n) is 4.85. The Balaban J connectivity index is 2.09. The third kappa shape index (κ3) is 3.09. The van der Waals surface area contributed by atoms with E-state index in [-0.39, 0.29) is 0 Å². The van der Waals surface area contributed by atoms with Gasteiger partial charge in [-0.15, -0.1) is 0 Å². The number of carboxylic acids is 1. The Kier molecular flexibility index (Phi) is 4.33. The first kappa shape index (κ1) is 13.1. The van der Waals surface area contributed by atoms with Gasteiger partial charge < -0.3 is 10.4 Å². The van der Waals surface area contributed by atoms with Crippen molar-refractivity contribution >= 4 is 5.97 Å². The van der Waals surface area contributed by atoms with Crippen LogP contribution in [0.2, 0.25) is 0 Å². The highest BCUT2D eigenvalue weighted by Gasteiger charge is 2.26. The molecule has 0 radical (unpaired) electrons. The minimum absolute atomic E-state index is 0.393. The Labute approximate surface area is 108 Å². The van der Waals surface area contributed by atoms with Crippen LogP contribution in [0.3, 0.4) is 0 Å². The largest absolute Gasteiger partial charge is 0.481 e. The fourth-order valence-corrected chi connectivity index (χ4v) is 2.40. The van der Waals surface area contributed by atoms with E-state index in [0.717, 1.165) is 25.2 Å². The normalized spacial score (nSPS) is 22.6. The zero-order chi connectivity index (χ0) is 13.0. The van der Waals surface area contributed by atoms with Crippen LogP contribution in [0.4, 0.5) is 0 Å². The molecule has 1 aromatic rings. The fourth-order valence-electron chi connectivity index (χ4n) is 2.40. The van der Waals surface area contributed by atoms with E-state index < -0.39 is 11.9 Å². The van der Waals surface area contributed by atoms with Gasteiger partial charge in [0.05, 0.1) is 5.92 Å². The molecule has 0 saturated carbocycles. The zero-order valence-electron chi connectivity index (χ0n) is 10.7. The lowest BCUT2D eigenvalue weighted by atomic mass is 9.97. The molecule has 1 saturated heterocycles. The van der Waals surface area contributed by atoms with Gasteiger partial charge in [-0.25, -0.2) is 0 Å². The van der Waals surface area contributed by atoms with Crippen molar-refractivity contribution < 1.29 is 9.90 Å². The smallest absolute Gasteiger partial charge is 0.312 e. The van der Waals surface area contributed by atoms with E-state index in [1.807, 2.05) is 30.3 Å². The summed E-state index contributed by atoms with van der Waals surface area (Å²) < 4.78 is 0. The zero-order valence-corrected chi connectivity index (χ0v) is 10.7. The first-order chi connectivity index (χ1) is 8.68. The van der Waals surface area contributed by atoms with Gasteiger partial charge in [0, 0.05) is 32.2 Å². The highest BCUT2D eigenvalue weighted by atomic mass is 16.4. The minimum Gasteiger partial charge on any atom is -0.481 e. The molecule has 1 aromatic carbocycles. The Morgan fingerprint density at radius 2 is 2.22 bits per heavy atom. The average Bonchev–Trinajstić information content (AvgIpc) is 2.38. The summed E-state index contributed by atoms with van der Waals surface area (Å²) in [4.78, 5) is 13.7. The van der Waals surface area contributed by atoms with Gasteiger partial charge >= 0.3 is 5.97 Å². The molecule has 0 bridgehead atoms. The van der Waals surface area contributed by atoms with E-state index in [4.69, 9.17) is 0 Å². The van der Waals surface area contributed by atoms with Gasteiger partial charge in [-0.2, -0.15) is 0 Å². The molecule has 0 spiro atoms. The van der Waals surface area contributed by atoms with Crippen LogP contribution in [0.25, 0.3) is 0 Å². The van der Waals surface area contributed by atoms with E-state index in [1.165, 1.54) is 0 Å². The van der Waals surface area contributed by atoms with Crippen molar-refractivity contribution in [3.8, 4) is 0 Å². The number of carbonyl (C=O) groups is 1. The van der Waals surface area contributed by atoms with Crippen LogP contribution in [0, 0.1) is 0 Å². The number of aliphatic carboxylic acids is 1. The molecule has 4 nitrogen and oxygen atoms in total. The van der Waals surface area contributed by atoms with Crippen molar-refractivity contribution in [3.05, 3.63) is 35.9 Å². The van der Waals surface area contributed by atoms with Crippen LogP contribution < -0.4 is 5.32 Å². The topological polar surface area (TPSA) is 52.6 Å². The lowest BCUT2D eigenvalue weighted by Crippen LogP contribution is -2.51. The van der Waals surface area contributed by atoms with Crippen molar-refractivity contribution in [2.45, 2.75) is 18.9 Å². The van der Waals surface area contributed by atoms with E-state index in [0.29, 0.717) is 12.6 Å². The molecule has 2 atom stereocenters. The molecule has 2 rings (SSSR count). The maximum absolute atomic E-state index is 11.4. The van der Waals surface area contributed by atoms with Gasteiger partial charge in [-0.05, 0) is 12.5 Å². The second kappa shape index (κ2) is 5.98. The third-order valence-corrected chi connectivity index (χ3v) is 3.56. The summed E-state index contributed by atoms with van der Waals surface area (Å²) in [5, 5.41) is 12.7. The third-order valence-electron chi connectivity index (χ3n) is 3.56. The number of hydrogen-bond acceptors (Lipinski definition) is 3. The molecule has 1 fully saturated rings. The van der Waals surface area contributed by atoms with E-state index in [1.54, 1.807) is 0 Å². The van der Waals surface area contributed by atoms with Crippen molar-refractivity contribution in [1.82, 2.24) is 10.2 Å². The van der Waals surface area contributed by atoms with Gasteiger partial charge in [-0.3, -0.25) is 9.69 Å². The van der Waals surface area contributed by atoms with Crippen LogP contribution in [-0.2, 0) is 4.79 Å². The average molecular weight is 248 g/mol. The second-order valence-corrected chi connectivity index (χ2v) is 4.85. The molecule has 2 N–H and O–H groups in total. The summed E-state index contributed by atoms with van der Waals surface area (Å²) >= 11 is 0. The molecule has 2 unspecified atom stereocenters. The summed E-state index contributed by atoms with van der Waals surface area (Å²) in [6, 6.07) is 9.89. The number of rotatable bonds is 4. The highest BCUT2D eigenvalue weighted by Crippen LogP contribution is 2.19. The molecule has 1 aliphatic rings. The predicted octanol–water partition coefficient (Wildman–Crippen LogP) is 1.15. The Morgan fingerprint density at radius 1 is 1.50 bits per heavy atom. The van der Waals surface area contributed by atoms with Gasteiger partial charge in [-0.1, -0.05) is 30.3 Å². The van der Waals surface area contributed by atoms with Gasteiger partial charge in [0.1, 0.15) is 0 Å². The van der Waals surface area contributed by atoms with Crippen molar-refractivity contribution in [1.29, 1.82) is 0 Å². The molecule has 0 amide bonds. The Hall–Kier alpha value is -1.39. The monoisotopic (exact) mass is 248 g/mol. The summed E-state index contributed by atoms with van der Waals surface area (Å²) in [5.74, 6) is -1.18. The van der Waals surface area contributed by atoms with E-state index >= 15 is 0 Å². The molecule has 1 heterocycles. The Morgan fingerprint density at radius 3 is 2.83 bits per heavy atom. The molecule has 98 valence electrons. The maximum Gasteiger partial charge on any atom is 0.312 e. The maximum atomic E-state index is 11.4. The van der Waals surface area contributed by atoms with Crippen molar-refractivity contribution in [2.75, 3.05) is 26.2 Å². The molecular formula is C14H20N2O2. The van der Waals surface area contributed by atoms with Gasteiger partial charge in [0.15, 0.2) is 0 Å². The van der Waals surface area contributed by atoms with Crippen molar-refractivity contribution in [3.63, 3.8) is 0 Å². The van der Waals surface area contributed by atoms with Crippen molar-refractivity contribution in [2.24, 2.45) is 0 Å². The standard InChI is InChI=1S/C14H20N2O2/c1-11-9-15-7-8-16(11)10-13(14(17)18)12-5-3-2-4-6-12/h2-6,11,13,15H,7-10H2,1H3,(H,17,18). The van der Waals surface area contributed by atoms with Gasteiger partial charge in [0.2, 0.25) is 0 Å². The van der Waals surface area contributed by atoms with E-state index in [2.05, 4.69) is 17.1 Å². The molecular weight excluding hydrogens is 228 g/mol. The lowest BCUT2D eigenvalue weighted by molar-refractivity contribution is -0.139. The lowest BCUT2D eigenvalue weighted by Gasteiger charge is -2.35. The summed E-state index contributed by atoms with van der Waals surface area (Å²) in [7, 11) is 0. The predicted molar refractivity (Wildman–Crippen MR) is 70.7 cm³/mol. The number of nitrogens with one attached hydrogen (secondary N) is 1. The first-order valence-corrected chi connectivity index (χ1v) is 6.41. The fraction of sp³-hybridized carbons (Fsp3) is 0.500. The van der Waals surface area contributed by atoms with Crippen LogP contribution in [0.15, 0.2) is 30.3 Å². The van der Waals surface area contributed by atoms with Gasteiger partial charge in [0.25, 0.3) is 0 Å². The number of piperazine rings is 1. The highest BCUT2D eigenvalue weighted by molar-refractivity contribution is 5.76. The van der Waals surface area contributed by atoms with Crippen LogP contribution in [0.5, 0.6) is 0 Å². The molecule has 0 aromatic heterocycles. The summed E-state index contributed by atoms with van der Waals surface area (Å²) in [5.41, 5.74) is 0.885. The summed E-state index contributed by atoms with van der Waals surface area (Å²) in [6.07, 6.45) is 0. The van der Waals surface area contributed by atoms with E-state index in [9.17, 15) is 9.90 Å². The molecule has 1 aliphatic heterocycles. The quantitative estimate of drug-likeness (QED) is 0.839. The number of nitrogens with zero attached hydrogens (tertiary/aromatic N) is 1. The number of benzene rings is 1. The van der Waals surface area contributed by atoms with Crippen LogP contribution in [-0.4, -0.2) is 48.2 Å². The van der Waals surface area contributed by atoms with Crippen LogP contribution >= 0.6 is 0 Å². The Bertz CT molecular complexity index is 394. The molecule has 18 heavy (non-hydrogen) atoms. The summed E-state index contributed by atoms with van der Waals surface area (Å²) in [6.45, 7) is 5.50. The SMILES string of the molecule is CC1CNCCN1CC(C(=O)O)c1ccccc1. The minimum atomic E-state index is -0.744. The molecule has 4 heteroatoms.